The number of benzene rings is 2. The van der Waals surface area contributed by atoms with Crippen LogP contribution in [-0.4, -0.2) is 42.4 Å². The molecule has 0 fully saturated rings. The lowest BCUT2D eigenvalue weighted by Crippen LogP contribution is -2.35. The molecule has 2 aromatic carbocycles. The fraction of sp³-hybridized carbons (Fsp3) is 0.400. The summed E-state index contributed by atoms with van der Waals surface area (Å²) in [5.41, 5.74) is 1.14. The van der Waals surface area contributed by atoms with Crippen molar-refractivity contribution < 1.29 is 14.6 Å². The van der Waals surface area contributed by atoms with E-state index in [0.717, 1.165) is 30.2 Å². The standard InChI is InChI=1S/C20H27NO3/c1-3-21(4-2)14-18(22)16-24-20-12-10-19(11-13-20)23-15-17-8-6-5-7-9-17/h5-13,18,22H,3-4,14-16H2,1-2H3/t18-/m0/s1. The first-order valence-electron chi connectivity index (χ1n) is 8.51. The first kappa shape index (κ1) is 18.3. The summed E-state index contributed by atoms with van der Waals surface area (Å²) in [6, 6.07) is 17.6. The number of ether oxygens (including phenoxy) is 2. The van der Waals surface area contributed by atoms with E-state index >= 15 is 0 Å². The van der Waals surface area contributed by atoms with Crippen molar-refractivity contribution in [3.05, 3.63) is 60.2 Å². The number of hydrogen-bond donors (Lipinski definition) is 1. The molecule has 0 heterocycles. The SMILES string of the molecule is CCN(CC)C[C@H](O)COc1ccc(OCc2ccccc2)cc1. The van der Waals surface area contributed by atoms with Crippen molar-refractivity contribution >= 4 is 0 Å². The minimum Gasteiger partial charge on any atom is -0.491 e. The summed E-state index contributed by atoms with van der Waals surface area (Å²) in [6.45, 7) is 7.51. The normalized spacial score (nSPS) is 12.2. The molecular formula is C20H27NO3. The van der Waals surface area contributed by atoms with Crippen molar-refractivity contribution in [2.24, 2.45) is 0 Å². The third-order valence-corrected chi connectivity index (χ3v) is 3.88. The van der Waals surface area contributed by atoms with Crippen molar-refractivity contribution in [3.8, 4) is 11.5 Å². The Hall–Kier alpha value is -2.04. The van der Waals surface area contributed by atoms with Gasteiger partial charge in [-0.25, -0.2) is 0 Å². The summed E-state index contributed by atoms with van der Waals surface area (Å²) in [7, 11) is 0. The van der Waals surface area contributed by atoms with Gasteiger partial charge in [0.05, 0.1) is 0 Å². The molecule has 0 saturated carbocycles. The number of nitrogens with zero attached hydrogens (tertiary/aromatic N) is 1. The molecule has 0 radical (unpaired) electrons. The van der Waals surface area contributed by atoms with Gasteiger partial charge < -0.3 is 19.5 Å². The fourth-order valence-corrected chi connectivity index (χ4v) is 2.40. The van der Waals surface area contributed by atoms with Crippen LogP contribution in [0, 0.1) is 0 Å². The van der Waals surface area contributed by atoms with Crippen LogP contribution in [0.3, 0.4) is 0 Å². The number of aliphatic hydroxyl groups excluding tert-OH is 1. The van der Waals surface area contributed by atoms with Crippen LogP contribution in [-0.2, 0) is 6.61 Å². The maximum absolute atomic E-state index is 10.0. The van der Waals surface area contributed by atoms with Crippen molar-refractivity contribution in [1.29, 1.82) is 0 Å². The molecule has 0 amide bonds. The third-order valence-electron chi connectivity index (χ3n) is 3.88. The van der Waals surface area contributed by atoms with Crippen LogP contribution in [0.4, 0.5) is 0 Å². The Kier molecular flexibility index (Phi) is 7.59. The van der Waals surface area contributed by atoms with Crippen LogP contribution in [0.5, 0.6) is 11.5 Å². The van der Waals surface area contributed by atoms with Crippen LogP contribution in [0.2, 0.25) is 0 Å². The van der Waals surface area contributed by atoms with Gasteiger partial charge in [-0.3, -0.25) is 0 Å². The Balaban J connectivity index is 1.75. The van der Waals surface area contributed by atoms with E-state index in [1.807, 2.05) is 54.6 Å². The summed E-state index contributed by atoms with van der Waals surface area (Å²) >= 11 is 0. The topological polar surface area (TPSA) is 41.9 Å². The Labute approximate surface area is 144 Å². The second kappa shape index (κ2) is 9.96. The molecule has 2 rings (SSSR count). The number of likely N-dealkylation sites (N-methyl/N-ethyl adjacent to an activating group) is 1. The molecule has 0 aromatic heterocycles. The number of hydrogen-bond acceptors (Lipinski definition) is 4. The van der Waals surface area contributed by atoms with Gasteiger partial charge in [-0.1, -0.05) is 44.2 Å². The lowest BCUT2D eigenvalue weighted by Gasteiger charge is -2.21. The smallest absolute Gasteiger partial charge is 0.120 e. The molecule has 1 atom stereocenters. The summed E-state index contributed by atoms with van der Waals surface area (Å²) in [4.78, 5) is 2.18. The zero-order valence-electron chi connectivity index (χ0n) is 14.5. The van der Waals surface area contributed by atoms with Crippen molar-refractivity contribution in [3.63, 3.8) is 0 Å². The van der Waals surface area contributed by atoms with E-state index in [4.69, 9.17) is 9.47 Å². The highest BCUT2D eigenvalue weighted by Crippen LogP contribution is 2.19. The van der Waals surface area contributed by atoms with Gasteiger partial charge in [0, 0.05) is 6.54 Å². The molecular weight excluding hydrogens is 302 g/mol. The van der Waals surface area contributed by atoms with E-state index in [9.17, 15) is 5.11 Å². The van der Waals surface area contributed by atoms with Crippen LogP contribution in [0.25, 0.3) is 0 Å². The highest BCUT2D eigenvalue weighted by molar-refractivity contribution is 5.31. The van der Waals surface area contributed by atoms with E-state index in [1.54, 1.807) is 0 Å². The Morgan fingerprint density at radius 1 is 0.875 bits per heavy atom. The molecule has 0 aliphatic heterocycles. The first-order chi connectivity index (χ1) is 11.7. The second-order valence-corrected chi connectivity index (χ2v) is 5.70. The average Bonchev–Trinajstić information content (AvgIpc) is 2.64. The summed E-state index contributed by atoms with van der Waals surface area (Å²) < 4.78 is 11.4. The highest BCUT2D eigenvalue weighted by Gasteiger charge is 2.09. The summed E-state index contributed by atoms with van der Waals surface area (Å²) in [5, 5.41) is 10.0. The van der Waals surface area contributed by atoms with Gasteiger partial charge >= 0.3 is 0 Å². The predicted octanol–water partition coefficient (Wildman–Crippen LogP) is 3.35. The highest BCUT2D eigenvalue weighted by atomic mass is 16.5. The maximum atomic E-state index is 10.0. The minimum atomic E-state index is -0.487. The monoisotopic (exact) mass is 329 g/mol. The van der Waals surface area contributed by atoms with Gasteiger partial charge in [0.2, 0.25) is 0 Å². The number of rotatable bonds is 10. The largest absolute Gasteiger partial charge is 0.491 e. The molecule has 0 aliphatic carbocycles. The van der Waals surface area contributed by atoms with Crippen LogP contribution in [0.1, 0.15) is 19.4 Å². The molecule has 0 bridgehead atoms. The van der Waals surface area contributed by atoms with Gasteiger partial charge in [-0.15, -0.1) is 0 Å². The molecule has 2 aromatic rings. The van der Waals surface area contributed by atoms with Crippen LogP contribution >= 0.6 is 0 Å². The third kappa shape index (κ3) is 6.22. The van der Waals surface area contributed by atoms with Gasteiger partial charge in [-0.2, -0.15) is 0 Å². The predicted molar refractivity (Wildman–Crippen MR) is 96.5 cm³/mol. The molecule has 1 N–H and O–H groups in total. The maximum Gasteiger partial charge on any atom is 0.120 e. The Morgan fingerprint density at radius 2 is 1.46 bits per heavy atom. The summed E-state index contributed by atoms with van der Waals surface area (Å²) in [6.07, 6.45) is -0.487. The zero-order chi connectivity index (χ0) is 17.2. The molecule has 4 nitrogen and oxygen atoms in total. The van der Waals surface area contributed by atoms with Crippen molar-refractivity contribution in [1.82, 2.24) is 4.90 Å². The fourth-order valence-electron chi connectivity index (χ4n) is 2.40. The molecule has 0 spiro atoms. The van der Waals surface area contributed by atoms with Gasteiger partial charge in [0.25, 0.3) is 0 Å². The Morgan fingerprint density at radius 3 is 2.04 bits per heavy atom. The van der Waals surface area contributed by atoms with Crippen LogP contribution in [0.15, 0.2) is 54.6 Å². The van der Waals surface area contributed by atoms with Crippen molar-refractivity contribution in [2.45, 2.75) is 26.6 Å². The lowest BCUT2D eigenvalue weighted by atomic mass is 10.2. The summed E-state index contributed by atoms with van der Waals surface area (Å²) in [5.74, 6) is 1.54. The second-order valence-electron chi connectivity index (χ2n) is 5.70. The van der Waals surface area contributed by atoms with E-state index in [-0.39, 0.29) is 0 Å². The molecule has 4 heteroatoms. The number of aliphatic hydroxyl groups is 1. The molecule has 0 unspecified atom stereocenters. The molecule has 130 valence electrons. The van der Waals surface area contributed by atoms with Gasteiger partial charge in [0.15, 0.2) is 0 Å². The Bertz CT molecular complexity index is 567. The average molecular weight is 329 g/mol. The molecule has 24 heavy (non-hydrogen) atoms. The van der Waals surface area contributed by atoms with E-state index in [0.29, 0.717) is 19.8 Å². The zero-order valence-corrected chi connectivity index (χ0v) is 14.5. The molecule has 0 aliphatic rings. The quantitative estimate of drug-likeness (QED) is 0.726. The van der Waals surface area contributed by atoms with Crippen molar-refractivity contribution in [2.75, 3.05) is 26.2 Å². The first-order valence-corrected chi connectivity index (χ1v) is 8.51. The van der Waals surface area contributed by atoms with Gasteiger partial charge in [0.1, 0.15) is 30.8 Å². The minimum absolute atomic E-state index is 0.292. The van der Waals surface area contributed by atoms with Crippen LogP contribution < -0.4 is 9.47 Å². The van der Waals surface area contributed by atoms with E-state index in [1.165, 1.54) is 0 Å². The molecule has 0 saturated heterocycles. The van der Waals surface area contributed by atoms with E-state index in [2.05, 4.69) is 18.7 Å². The van der Waals surface area contributed by atoms with Gasteiger partial charge in [-0.05, 0) is 42.9 Å². The van der Waals surface area contributed by atoms with E-state index < -0.39 is 6.10 Å². The lowest BCUT2D eigenvalue weighted by molar-refractivity contribution is 0.0716.